The molecule has 2 unspecified atom stereocenters. The maximum Gasteiger partial charge on any atom is 0.119 e. The summed E-state index contributed by atoms with van der Waals surface area (Å²) in [6.45, 7) is 0. The van der Waals surface area contributed by atoms with Gasteiger partial charge in [-0.05, 0) is 38.5 Å². The Labute approximate surface area is 95.9 Å². The first kappa shape index (κ1) is 12.3. The highest BCUT2D eigenvalue weighted by Crippen LogP contribution is 2.44. The summed E-state index contributed by atoms with van der Waals surface area (Å²) in [7, 11) is 0. The van der Waals surface area contributed by atoms with E-state index < -0.39 is 17.3 Å². The number of hydrogen-bond donors (Lipinski definition) is 4. The summed E-state index contributed by atoms with van der Waals surface area (Å²) < 4.78 is 0. The topological polar surface area (TPSA) is 80.9 Å². The molecule has 0 saturated heterocycles. The summed E-state index contributed by atoms with van der Waals surface area (Å²) in [6.07, 6.45) is 3.33. The molecule has 0 spiro atoms. The lowest BCUT2D eigenvalue weighted by Gasteiger charge is -2.50. The minimum Gasteiger partial charge on any atom is -0.393 e. The number of hydrogen-bond acceptors (Lipinski definition) is 4. The first-order chi connectivity index (χ1) is 7.48. The van der Waals surface area contributed by atoms with Crippen molar-refractivity contribution in [2.75, 3.05) is 0 Å². The van der Waals surface area contributed by atoms with Crippen molar-refractivity contribution >= 4 is 0 Å². The fourth-order valence-corrected chi connectivity index (χ4v) is 3.19. The summed E-state index contributed by atoms with van der Waals surface area (Å²) in [4.78, 5) is 0. The molecule has 4 heteroatoms. The molecule has 0 aromatic heterocycles. The van der Waals surface area contributed by atoms with Crippen LogP contribution in [0.15, 0.2) is 0 Å². The summed E-state index contributed by atoms with van der Waals surface area (Å²) >= 11 is 0. The van der Waals surface area contributed by atoms with Crippen molar-refractivity contribution in [2.45, 2.75) is 74.8 Å². The van der Waals surface area contributed by atoms with Gasteiger partial charge in [-0.25, -0.2) is 0 Å². The highest BCUT2D eigenvalue weighted by Gasteiger charge is 2.55. The van der Waals surface area contributed by atoms with Crippen molar-refractivity contribution in [1.29, 1.82) is 0 Å². The van der Waals surface area contributed by atoms with E-state index in [1.165, 1.54) is 0 Å². The molecule has 0 aliphatic heterocycles. The van der Waals surface area contributed by atoms with E-state index in [0.717, 1.165) is 12.8 Å². The van der Waals surface area contributed by atoms with Gasteiger partial charge in [-0.3, -0.25) is 0 Å². The van der Waals surface area contributed by atoms with Gasteiger partial charge in [0.1, 0.15) is 5.60 Å². The Bertz CT molecular complexity index is 247. The summed E-state index contributed by atoms with van der Waals surface area (Å²) in [6, 6.07) is 0. The van der Waals surface area contributed by atoms with Crippen LogP contribution in [0.3, 0.4) is 0 Å². The Hall–Kier alpha value is -0.160. The minimum absolute atomic E-state index is 0.371. The average Bonchev–Trinajstić information content (AvgIpc) is 2.27. The van der Waals surface area contributed by atoms with Crippen LogP contribution in [0.5, 0.6) is 0 Å². The quantitative estimate of drug-likeness (QED) is 0.523. The molecule has 94 valence electrons. The Kier molecular flexibility index (Phi) is 3.27. The third kappa shape index (κ3) is 1.88. The average molecular weight is 230 g/mol. The molecule has 2 aliphatic rings. The second-order valence-corrected chi connectivity index (χ2v) is 5.45. The molecule has 0 radical (unpaired) electrons. The van der Waals surface area contributed by atoms with Gasteiger partial charge in [0, 0.05) is 0 Å². The molecule has 0 heterocycles. The van der Waals surface area contributed by atoms with Gasteiger partial charge in [-0.1, -0.05) is 12.8 Å². The Morgan fingerprint density at radius 1 is 0.812 bits per heavy atom. The van der Waals surface area contributed by atoms with Gasteiger partial charge < -0.3 is 20.4 Å². The van der Waals surface area contributed by atoms with E-state index in [9.17, 15) is 20.4 Å². The van der Waals surface area contributed by atoms with Gasteiger partial charge in [0.25, 0.3) is 0 Å². The van der Waals surface area contributed by atoms with Crippen molar-refractivity contribution < 1.29 is 20.4 Å². The van der Waals surface area contributed by atoms with E-state index in [0.29, 0.717) is 38.5 Å². The third-order valence-electron chi connectivity index (χ3n) is 4.42. The molecule has 2 fully saturated rings. The Balaban J connectivity index is 2.14. The van der Waals surface area contributed by atoms with Gasteiger partial charge >= 0.3 is 0 Å². The van der Waals surface area contributed by atoms with Gasteiger partial charge in [0.2, 0.25) is 0 Å². The predicted octanol–water partition coefficient (Wildman–Crippen LogP) is 0.318. The lowest BCUT2D eigenvalue weighted by Crippen LogP contribution is -2.63. The molecular formula is C12H22O4. The molecule has 0 aromatic rings. The molecule has 0 bridgehead atoms. The summed E-state index contributed by atoms with van der Waals surface area (Å²) in [5, 5.41) is 40.4. The van der Waals surface area contributed by atoms with E-state index in [-0.39, 0.29) is 6.10 Å². The first-order valence-electron chi connectivity index (χ1n) is 6.29. The van der Waals surface area contributed by atoms with Crippen molar-refractivity contribution in [2.24, 2.45) is 0 Å². The van der Waals surface area contributed by atoms with Crippen LogP contribution in [0.2, 0.25) is 0 Å². The van der Waals surface area contributed by atoms with Crippen LogP contribution < -0.4 is 0 Å². The van der Waals surface area contributed by atoms with Crippen LogP contribution in [0.4, 0.5) is 0 Å². The number of aliphatic hydroxyl groups is 4. The molecular weight excluding hydrogens is 208 g/mol. The van der Waals surface area contributed by atoms with Crippen LogP contribution in [-0.4, -0.2) is 43.8 Å². The highest BCUT2D eigenvalue weighted by molar-refractivity contribution is 5.07. The maximum absolute atomic E-state index is 10.5. The van der Waals surface area contributed by atoms with Gasteiger partial charge in [-0.2, -0.15) is 0 Å². The zero-order valence-electron chi connectivity index (χ0n) is 9.60. The molecule has 2 aliphatic carbocycles. The molecule has 2 rings (SSSR count). The molecule has 2 atom stereocenters. The smallest absolute Gasteiger partial charge is 0.119 e. The molecule has 16 heavy (non-hydrogen) atoms. The zero-order chi connectivity index (χ0) is 11.8. The van der Waals surface area contributed by atoms with Gasteiger partial charge in [0.15, 0.2) is 0 Å². The molecule has 0 amide bonds. The lowest BCUT2D eigenvalue weighted by atomic mass is 9.65. The van der Waals surface area contributed by atoms with Gasteiger partial charge in [0.05, 0.1) is 17.8 Å². The Morgan fingerprint density at radius 3 is 2.00 bits per heavy atom. The van der Waals surface area contributed by atoms with Crippen molar-refractivity contribution in [3.63, 3.8) is 0 Å². The standard InChI is InChI=1S/C12H22O4/c13-9-4-7-11(15,8-5-9)12(16)6-2-1-3-10(12)14/h9-10,13-16H,1-8H2. The van der Waals surface area contributed by atoms with Crippen molar-refractivity contribution in [3.05, 3.63) is 0 Å². The predicted molar refractivity (Wildman–Crippen MR) is 58.8 cm³/mol. The largest absolute Gasteiger partial charge is 0.393 e. The second kappa shape index (κ2) is 4.26. The fourth-order valence-electron chi connectivity index (χ4n) is 3.19. The molecule has 0 aromatic carbocycles. The molecule has 4 nitrogen and oxygen atoms in total. The van der Waals surface area contributed by atoms with Crippen LogP contribution in [0, 0.1) is 0 Å². The molecule has 2 saturated carbocycles. The maximum atomic E-state index is 10.5. The van der Waals surface area contributed by atoms with E-state index in [4.69, 9.17) is 0 Å². The minimum atomic E-state index is -1.37. The van der Waals surface area contributed by atoms with Crippen LogP contribution in [0.1, 0.15) is 51.4 Å². The SMILES string of the molecule is OC1CCC(O)(C2(O)CCCCC2O)CC1. The van der Waals surface area contributed by atoms with Crippen LogP contribution >= 0.6 is 0 Å². The number of aliphatic hydroxyl groups excluding tert-OH is 2. The van der Waals surface area contributed by atoms with E-state index in [2.05, 4.69) is 0 Å². The fraction of sp³-hybridized carbons (Fsp3) is 1.00. The monoisotopic (exact) mass is 230 g/mol. The van der Waals surface area contributed by atoms with Crippen LogP contribution in [-0.2, 0) is 0 Å². The van der Waals surface area contributed by atoms with E-state index in [1.54, 1.807) is 0 Å². The zero-order valence-corrected chi connectivity index (χ0v) is 9.60. The van der Waals surface area contributed by atoms with Gasteiger partial charge in [-0.15, -0.1) is 0 Å². The number of rotatable bonds is 1. The van der Waals surface area contributed by atoms with E-state index >= 15 is 0 Å². The highest BCUT2D eigenvalue weighted by atomic mass is 16.4. The van der Waals surface area contributed by atoms with E-state index in [1.807, 2.05) is 0 Å². The van der Waals surface area contributed by atoms with Crippen LogP contribution in [0.25, 0.3) is 0 Å². The summed E-state index contributed by atoms with van der Waals surface area (Å²) in [5.41, 5.74) is -2.59. The van der Waals surface area contributed by atoms with Crippen molar-refractivity contribution in [1.82, 2.24) is 0 Å². The first-order valence-corrected chi connectivity index (χ1v) is 6.29. The summed E-state index contributed by atoms with van der Waals surface area (Å²) in [5.74, 6) is 0. The Morgan fingerprint density at radius 2 is 1.44 bits per heavy atom. The normalized spacial score (nSPS) is 50.2. The third-order valence-corrected chi connectivity index (χ3v) is 4.42. The second-order valence-electron chi connectivity index (χ2n) is 5.45. The van der Waals surface area contributed by atoms with Crippen molar-refractivity contribution in [3.8, 4) is 0 Å². The lowest BCUT2D eigenvalue weighted by molar-refractivity contribution is -0.232. The molecule has 4 N–H and O–H groups in total.